The van der Waals surface area contributed by atoms with Crippen LogP contribution in [0.3, 0.4) is 0 Å². The molecule has 5 nitrogen and oxygen atoms in total. The topological polar surface area (TPSA) is 69.2 Å². The number of benzene rings is 1. The summed E-state index contributed by atoms with van der Waals surface area (Å²) in [5, 5.41) is 11.3. The molecule has 0 bridgehead atoms. The maximum absolute atomic E-state index is 11.0. The third-order valence-corrected chi connectivity index (χ3v) is 3.84. The van der Waals surface area contributed by atoms with E-state index in [0.717, 1.165) is 16.2 Å². The monoisotopic (exact) mass is 298 g/mol. The first-order valence-corrected chi connectivity index (χ1v) is 6.97. The highest BCUT2D eigenvalue weighted by molar-refractivity contribution is 7.99. The van der Waals surface area contributed by atoms with Crippen LogP contribution in [0.15, 0.2) is 75.3 Å². The quantitative estimate of drug-likeness (QED) is 0.527. The smallest absolute Gasteiger partial charge is 0.301 e. The van der Waals surface area contributed by atoms with Gasteiger partial charge in [0.2, 0.25) is 0 Å². The Balaban J connectivity index is 1.84. The number of nitro groups is 1. The molecule has 0 unspecified atom stereocenters. The largest absolute Gasteiger partial charge is 0.464 e. The molecular weight excluding hydrogens is 288 g/mol. The molecule has 0 saturated heterocycles. The van der Waals surface area contributed by atoms with E-state index < -0.39 is 4.92 Å². The summed E-state index contributed by atoms with van der Waals surface area (Å²) < 4.78 is 5.32. The molecule has 2 aromatic heterocycles. The van der Waals surface area contributed by atoms with Crippen LogP contribution in [0.4, 0.5) is 5.69 Å². The van der Waals surface area contributed by atoms with Crippen molar-refractivity contribution in [3.05, 3.63) is 71.1 Å². The van der Waals surface area contributed by atoms with Crippen molar-refractivity contribution >= 4 is 17.4 Å². The molecular formula is C15H10N2O3S. The fourth-order valence-electron chi connectivity index (χ4n) is 1.84. The van der Waals surface area contributed by atoms with Gasteiger partial charge >= 0.3 is 5.69 Å². The minimum Gasteiger partial charge on any atom is -0.464 e. The van der Waals surface area contributed by atoms with Gasteiger partial charge in [-0.25, -0.2) is 4.98 Å². The van der Waals surface area contributed by atoms with E-state index in [1.54, 1.807) is 18.5 Å². The molecule has 0 saturated carbocycles. The van der Waals surface area contributed by atoms with Crippen molar-refractivity contribution in [3.63, 3.8) is 0 Å². The summed E-state index contributed by atoms with van der Waals surface area (Å²) in [5.41, 5.74) is 0.970. The maximum Gasteiger partial charge on any atom is 0.301 e. The molecule has 0 aliphatic carbocycles. The SMILES string of the molecule is O=[N+]([O-])c1cccnc1Sc1ccc(-c2ccco2)cc1. The zero-order valence-corrected chi connectivity index (χ0v) is 11.6. The number of furan rings is 1. The Morgan fingerprint density at radius 2 is 1.90 bits per heavy atom. The van der Waals surface area contributed by atoms with E-state index in [-0.39, 0.29) is 5.69 Å². The second kappa shape index (κ2) is 5.80. The first kappa shape index (κ1) is 13.4. The normalized spacial score (nSPS) is 10.5. The zero-order valence-electron chi connectivity index (χ0n) is 10.8. The molecule has 0 radical (unpaired) electrons. The van der Waals surface area contributed by atoms with E-state index in [0.29, 0.717) is 5.03 Å². The molecule has 104 valence electrons. The summed E-state index contributed by atoms with van der Waals surface area (Å²) in [6.07, 6.45) is 3.17. The van der Waals surface area contributed by atoms with Crippen molar-refractivity contribution in [2.75, 3.05) is 0 Å². The van der Waals surface area contributed by atoms with Gasteiger partial charge in [0.1, 0.15) is 5.76 Å². The predicted octanol–water partition coefficient (Wildman–Crippen LogP) is 4.40. The Labute approximate surface area is 124 Å². The number of rotatable bonds is 4. The van der Waals surface area contributed by atoms with Crippen LogP contribution < -0.4 is 0 Å². The van der Waals surface area contributed by atoms with Crippen molar-refractivity contribution in [2.24, 2.45) is 0 Å². The van der Waals surface area contributed by atoms with Crippen LogP contribution >= 0.6 is 11.8 Å². The highest BCUT2D eigenvalue weighted by atomic mass is 32.2. The molecule has 3 aromatic rings. The molecule has 0 aliphatic heterocycles. The van der Waals surface area contributed by atoms with Gasteiger partial charge in [-0.1, -0.05) is 23.9 Å². The fraction of sp³-hybridized carbons (Fsp3) is 0. The first-order valence-electron chi connectivity index (χ1n) is 6.15. The van der Waals surface area contributed by atoms with Crippen molar-refractivity contribution in [2.45, 2.75) is 9.92 Å². The lowest BCUT2D eigenvalue weighted by atomic mass is 10.2. The van der Waals surface area contributed by atoms with Gasteiger partial charge in [-0.05, 0) is 30.3 Å². The summed E-state index contributed by atoms with van der Waals surface area (Å²) >= 11 is 1.27. The predicted molar refractivity (Wildman–Crippen MR) is 79.2 cm³/mol. The Bertz CT molecular complexity index is 755. The van der Waals surface area contributed by atoms with E-state index in [1.807, 2.05) is 36.4 Å². The molecule has 0 fully saturated rings. The average molecular weight is 298 g/mol. The van der Waals surface area contributed by atoms with Crippen LogP contribution in [-0.2, 0) is 0 Å². The van der Waals surface area contributed by atoms with Gasteiger partial charge in [-0.15, -0.1) is 0 Å². The van der Waals surface area contributed by atoms with Gasteiger partial charge in [-0.2, -0.15) is 0 Å². The minimum atomic E-state index is -0.424. The van der Waals surface area contributed by atoms with Crippen LogP contribution in [-0.4, -0.2) is 9.91 Å². The first-order chi connectivity index (χ1) is 10.2. The highest BCUT2D eigenvalue weighted by Gasteiger charge is 2.15. The van der Waals surface area contributed by atoms with Crippen molar-refractivity contribution in [3.8, 4) is 11.3 Å². The maximum atomic E-state index is 11.0. The second-order valence-electron chi connectivity index (χ2n) is 4.19. The molecule has 6 heteroatoms. The summed E-state index contributed by atoms with van der Waals surface area (Å²) in [6, 6.07) is 14.3. The van der Waals surface area contributed by atoms with Crippen molar-refractivity contribution < 1.29 is 9.34 Å². The van der Waals surface area contributed by atoms with Crippen LogP contribution in [0.5, 0.6) is 0 Å². The lowest BCUT2D eigenvalue weighted by Crippen LogP contribution is -1.92. The summed E-state index contributed by atoms with van der Waals surface area (Å²) in [5.74, 6) is 0.787. The standard InChI is InChI=1S/C15H10N2O3S/c18-17(19)13-3-1-9-16-15(13)21-12-7-5-11(6-8-12)14-4-2-10-20-14/h1-10H. The summed E-state index contributed by atoms with van der Waals surface area (Å²) in [4.78, 5) is 15.5. The molecule has 0 N–H and O–H groups in total. The number of hydrogen-bond donors (Lipinski definition) is 0. The molecule has 0 amide bonds. The Morgan fingerprint density at radius 1 is 1.10 bits per heavy atom. The Morgan fingerprint density at radius 3 is 2.57 bits per heavy atom. The molecule has 21 heavy (non-hydrogen) atoms. The lowest BCUT2D eigenvalue weighted by Gasteiger charge is -2.03. The van der Waals surface area contributed by atoms with E-state index >= 15 is 0 Å². The van der Waals surface area contributed by atoms with Gasteiger partial charge in [0.15, 0.2) is 5.03 Å². The average Bonchev–Trinajstić information content (AvgIpc) is 3.03. The third-order valence-electron chi connectivity index (χ3n) is 2.82. The molecule has 2 heterocycles. The molecule has 0 aliphatic rings. The molecule has 3 rings (SSSR count). The van der Waals surface area contributed by atoms with E-state index in [4.69, 9.17) is 4.42 Å². The van der Waals surface area contributed by atoms with Gasteiger partial charge < -0.3 is 4.42 Å². The van der Waals surface area contributed by atoms with E-state index in [9.17, 15) is 10.1 Å². The summed E-state index contributed by atoms with van der Waals surface area (Å²) in [6.45, 7) is 0. The minimum absolute atomic E-state index is 0.0117. The van der Waals surface area contributed by atoms with E-state index in [1.165, 1.54) is 17.8 Å². The van der Waals surface area contributed by atoms with Crippen LogP contribution in [0.25, 0.3) is 11.3 Å². The lowest BCUT2D eigenvalue weighted by molar-refractivity contribution is -0.388. The molecule has 0 spiro atoms. The fourth-order valence-corrected chi connectivity index (χ4v) is 2.70. The molecule has 0 atom stereocenters. The second-order valence-corrected chi connectivity index (χ2v) is 5.25. The number of nitrogens with zero attached hydrogens (tertiary/aromatic N) is 2. The number of aromatic nitrogens is 1. The van der Waals surface area contributed by atoms with Gasteiger partial charge in [0.05, 0.1) is 11.2 Å². The highest BCUT2D eigenvalue weighted by Crippen LogP contribution is 2.33. The van der Waals surface area contributed by atoms with Crippen molar-refractivity contribution in [1.82, 2.24) is 4.98 Å². The Hall–Kier alpha value is -2.60. The van der Waals surface area contributed by atoms with Crippen LogP contribution in [0.1, 0.15) is 0 Å². The van der Waals surface area contributed by atoms with Gasteiger partial charge in [0, 0.05) is 22.7 Å². The van der Waals surface area contributed by atoms with E-state index in [2.05, 4.69) is 4.98 Å². The van der Waals surface area contributed by atoms with Gasteiger partial charge in [0.25, 0.3) is 0 Å². The van der Waals surface area contributed by atoms with Crippen LogP contribution in [0.2, 0.25) is 0 Å². The van der Waals surface area contributed by atoms with Crippen molar-refractivity contribution in [1.29, 1.82) is 0 Å². The number of hydrogen-bond acceptors (Lipinski definition) is 5. The zero-order chi connectivity index (χ0) is 14.7. The Kier molecular flexibility index (Phi) is 3.70. The van der Waals surface area contributed by atoms with Gasteiger partial charge in [-0.3, -0.25) is 10.1 Å². The molecule has 1 aromatic carbocycles. The number of pyridine rings is 1. The van der Waals surface area contributed by atoms with Crippen LogP contribution in [0, 0.1) is 10.1 Å². The summed E-state index contributed by atoms with van der Waals surface area (Å²) in [7, 11) is 0. The third kappa shape index (κ3) is 2.95.